The molecule has 0 unspecified atom stereocenters. The van der Waals surface area contributed by atoms with Crippen molar-refractivity contribution in [2.45, 2.75) is 30.3 Å². The van der Waals surface area contributed by atoms with E-state index in [2.05, 4.69) is 15.4 Å². The van der Waals surface area contributed by atoms with E-state index in [4.69, 9.17) is 4.74 Å². The number of hydrogen-bond acceptors (Lipinski definition) is 4. The maximum atomic E-state index is 13.2. The van der Waals surface area contributed by atoms with Crippen molar-refractivity contribution in [1.82, 2.24) is 10.0 Å². The van der Waals surface area contributed by atoms with Crippen LogP contribution in [0.25, 0.3) is 0 Å². The Balaban J connectivity index is 1.70. The number of urea groups is 1. The summed E-state index contributed by atoms with van der Waals surface area (Å²) in [5, 5.41) is 5.16. The lowest BCUT2D eigenvalue weighted by Gasteiger charge is -2.13. The number of benzene rings is 2. The molecule has 1 fully saturated rings. The molecule has 2 aromatic carbocycles. The Hall–Kier alpha value is -2.65. The molecule has 0 aliphatic heterocycles. The van der Waals surface area contributed by atoms with Crippen molar-refractivity contribution in [3.8, 4) is 5.75 Å². The van der Waals surface area contributed by atoms with Crippen LogP contribution in [0.1, 0.15) is 18.4 Å². The normalized spacial score (nSPS) is 13.9. The molecule has 3 N–H and O–H groups in total. The fraction of sp³-hybridized carbons (Fsp3) is 0.278. The Labute approximate surface area is 157 Å². The van der Waals surface area contributed by atoms with E-state index < -0.39 is 21.9 Å². The maximum Gasteiger partial charge on any atom is 0.319 e. The number of carbonyl (C=O) groups excluding carboxylic acids is 1. The first-order chi connectivity index (χ1) is 12.9. The lowest BCUT2D eigenvalue weighted by molar-refractivity contribution is 0.251. The van der Waals surface area contributed by atoms with E-state index >= 15 is 0 Å². The maximum absolute atomic E-state index is 13.2. The van der Waals surface area contributed by atoms with E-state index in [1.807, 2.05) is 0 Å². The van der Waals surface area contributed by atoms with Gasteiger partial charge >= 0.3 is 6.03 Å². The number of methoxy groups -OCH3 is 1. The molecule has 2 amide bonds. The molecule has 1 aliphatic carbocycles. The van der Waals surface area contributed by atoms with Gasteiger partial charge in [0.25, 0.3) is 0 Å². The van der Waals surface area contributed by atoms with Crippen molar-refractivity contribution < 1.29 is 22.3 Å². The van der Waals surface area contributed by atoms with Crippen LogP contribution in [0.4, 0.5) is 14.9 Å². The van der Waals surface area contributed by atoms with Gasteiger partial charge in [-0.2, -0.15) is 0 Å². The first kappa shape index (κ1) is 19.1. The predicted octanol–water partition coefficient (Wildman–Crippen LogP) is 2.60. The summed E-state index contributed by atoms with van der Waals surface area (Å²) in [5.74, 6) is -0.0706. The van der Waals surface area contributed by atoms with Crippen molar-refractivity contribution in [2.24, 2.45) is 0 Å². The van der Waals surface area contributed by atoms with Crippen LogP contribution in [0.5, 0.6) is 5.75 Å². The van der Waals surface area contributed by atoms with Crippen LogP contribution in [-0.4, -0.2) is 27.6 Å². The highest BCUT2D eigenvalue weighted by Crippen LogP contribution is 2.29. The fourth-order valence-electron chi connectivity index (χ4n) is 2.44. The van der Waals surface area contributed by atoms with Gasteiger partial charge in [0.05, 0.1) is 17.7 Å². The largest absolute Gasteiger partial charge is 0.495 e. The Morgan fingerprint density at radius 1 is 1.22 bits per heavy atom. The van der Waals surface area contributed by atoms with E-state index in [9.17, 15) is 17.6 Å². The van der Waals surface area contributed by atoms with Gasteiger partial charge in [0.2, 0.25) is 10.0 Å². The van der Waals surface area contributed by atoms with Gasteiger partial charge in [0.15, 0.2) is 0 Å². The minimum absolute atomic E-state index is 0.0249. The molecule has 0 saturated heterocycles. The zero-order valence-corrected chi connectivity index (χ0v) is 15.5. The molecule has 3 rings (SSSR count). The quantitative estimate of drug-likeness (QED) is 0.674. The highest BCUT2D eigenvalue weighted by atomic mass is 32.2. The molecule has 0 radical (unpaired) electrons. The molecule has 0 atom stereocenters. The van der Waals surface area contributed by atoms with Gasteiger partial charge in [-0.15, -0.1) is 0 Å². The van der Waals surface area contributed by atoms with E-state index in [0.29, 0.717) is 11.3 Å². The minimum Gasteiger partial charge on any atom is -0.495 e. The number of sulfonamides is 1. The third-order valence-electron chi connectivity index (χ3n) is 3.97. The van der Waals surface area contributed by atoms with Gasteiger partial charge in [-0.25, -0.2) is 22.3 Å². The highest BCUT2D eigenvalue weighted by molar-refractivity contribution is 7.89. The first-order valence-corrected chi connectivity index (χ1v) is 9.85. The SMILES string of the molecule is COc1ccc(S(=O)(=O)NC2CC2)cc1NC(=O)NCc1cccc(F)c1. The van der Waals surface area contributed by atoms with Crippen molar-refractivity contribution >= 4 is 21.7 Å². The summed E-state index contributed by atoms with van der Waals surface area (Å²) in [4.78, 5) is 12.2. The fourth-order valence-corrected chi connectivity index (χ4v) is 3.77. The molecular weight excluding hydrogens is 373 g/mol. The number of halogens is 1. The first-order valence-electron chi connectivity index (χ1n) is 8.37. The van der Waals surface area contributed by atoms with Crippen molar-refractivity contribution in [3.63, 3.8) is 0 Å². The second-order valence-corrected chi connectivity index (χ2v) is 7.91. The highest BCUT2D eigenvalue weighted by Gasteiger charge is 2.28. The Bertz CT molecular complexity index is 945. The number of nitrogens with one attached hydrogen (secondary N) is 3. The summed E-state index contributed by atoms with van der Waals surface area (Å²) >= 11 is 0. The number of hydrogen-bond donors (Lipinski definition) is 3. The molecule has 0 bridgehead atoms. The number of amides is 2. The van der Waals surface area contributed by atoms with Crippen LogP contribution in [0, 0.1) is 5.82 Å². The van der Waals surface area contributed by atoms with Crippen molar-refractivity contribution in [2.75, 3.05) is 12.4 Å². The molecule has 7 nitrogen and oxygen atoms in total. The summed E-state index contributed by atoms with van der Waals surface area (Å²) in [6.45, 7) is 0.118. The third-order valence-corrected chi connectivity index (χ3v) is 5.49. The summed E-state index contributed by atoms with van der Waals surface area (Å²) in [7, 11) is -2.24. The van der Waals surface area contributed by atoms with Gasteiger partial charge < -0.3 is 15.4 Å². The Kier molecular flexibility index (Phi) is 5.62. The van der Waals surface area contributed by atoms with Gasteiger partial charge in [0.1, 0.15) is 11.6 Å². The summed E-state index contributed by atoms with van der Waals surface area (Å²) in [5.41, 5.74) is 0.815. The Morgan fingerprint density at radius 3 is 2.67 bits per heavy atom. The predicted molar refractivity (Wildman–Crippen MR) is 98.6 cm³/mol. The van der Waals surface area contributed by atoms with Gasteiger partial charge in [0, 0.05) is 12.6 Å². The summed E-state index contributed by atoms with van der Waals surface area (Å²) in [6, 6.07) is 9.50. The number of carbonyl (C=O) groups is 1. The van der Waals surface area contributed by atoms with Crippen molar-refractivity contribution in [1.29, 1.82) is 0 Å². The summed E-state index contributed by atoms with van der Waals surface area (Å²) in [6.07, 6.45) is 1.64. The second-order valence-electron chi connectivity index (χ2n) is 6.20. The second kappa shape index (κ2) is 7.93. The average Bonchev–Trinajstić information content (AvgIpc) is 3.43. The number of rotatable bonds is 7. The molecule has 27 heavy (non-hydrogen) atoms. The molecule has 2 aromatic rings. The molecule has 1 saturated carbocycles. The number of ether oxygens (including phenoxy) is 1. The zero-order chi connectivity index (χ0) is 19.4. The monoisotopic (exact) mass is 393 g/mol. The van der Waals surface area contributed by atoms with Gasteiger partial charge in [-0.05, 0) is 48.7 Å². The number of anilines is 1. The van der Waals surface area contributed by atoms with Crippen LogP contribution in [0.3, 0.4) is 0 Å². The lowest BCUT2D eigenvalue weighted by Crippen LogP contribution is -2.29. The molecule has 1 aliphatic rings. The van der Waals surface area contributed by atoms with Crippen LogP contribution in [0.2, 0.25) is 0 Å². The standard InChI is InChI=1S/C18H20FN3O4S/c1-26-17-8-7-15(27(24,25)22-14-5-6-14)10-16(17)21-18(23)20-11-12-3-2-4-13(19)9-12/h2-4,7-10,14,22H,5-6,11H2,1H3,(H2,20,21,23). The van der Waals surface area contributed by atoms with Crippen LogP contribution in [0.15, 0.2) is 47.4 Å². The van der Waals surface area contributed by atoms with E-state index in [1.165, 1.54) is 37.4 Å². The van der Waals surface area contributed by atoms with Gasteiger partial charge in [-0.3, -0.25) is 0 Å². The molecule has 0 heterocycles. The molecule has 9 heteroatoms. The van der Waals surface area contributed by atoms with E-state index in [1.54, 1.807) is 12.1 Å². The average molecular weight is 393 g/mol. The van der Waals surface area contributed by atoms with E-state index in [0.717, 1.165) is 12.8 Å². The minimum atomic E-state index is -3.66. The summed E-state index contributed by atoms with van der Waals surface area (Å²) < 4.78 is 45.6. The van der Waals surface area contributed by atoms with Crippen LogP contribution >= 0.6 is 0 Å². The van der Waals surface area contributed by atoms with Crippen LogP contribution in [-0.2, 0) is 16.6 Å². The van der Waals surface area contributed by atoms with Crippen LogP contribution < -0.4 is 20.1 Å². The Morgan fingerprint density at radius 2 is 2.00 bits per heavy atom. The van der Waals surface area contributed by atoms with Crippen molar-refractivity contribution in [3.05, 3.63) is 53.8 Å². The smallest absolute Gasteiger partial charge is 0.319 e. The molecule has 144 valence electrons. The lowest BCUT2D eigenvalue weighted by atomic mass is 10.2. The zero-order valence-electron chi connectivity index (χ0n) is 14.7. The third kappa shape index (κ3) is 5.18. The molecule has 0 spiro atoms. The topological polar surface area (TPSA) is 96.5 Å². The molecule has 0 aromatic heterocycles. The van der Waals surface area contributed by atoms with Gasteiger partial charge in [-0.1, -0.05) is 12.1 Å². The molecular formula is C18H20FN3O4S. The van der Waals surface area contributed by atoms with E-state index in [-0.39, 0.29) is 23.2 Å².